The van der Waals surface area contributed by atoms with Gasteiger partial charge in [0.2, 0.25) is 0 Å². The van der Waals surface area contributed by atoms with Crippen LogP contribution in [0.15, 0.2) is 23.6 Å². The normalized spacial score (nSPS) is 20.0. The van der Waals surface area contributed by atoms with Gasteiger partial charge < -0.3 is 14.4 Å². The largest absolute Gasteiger partial charge is 0.447 e. The van der Waals surface area contributed by atoms with Gasteiger partial charge in [0.25, 0.3) is 0 Å². The third-order valence-corrected chi connectivity index (χ3v) is 6.80. The summed E-state index contributed by atoms with van der Waals surface area (Å²) in [5, 5.41) is 3.36. The Bertz CT molecular complexity index is 904. The van der Waals surface area contributed by atoms with Gasteiger partial charge in [-0.1, -0.05) is 43.2 Å². The minimum Gasteiger partial charge on any atom is -0.447 e. The maximum absolute atomic E-state index is 11.7. The second-order valence-electron chi connectivity index (χ2n) is 8.03. The summed E-state index contributed by atoms with van der Waals surface area (Å²) < 4.78 is 12.3. The van der Waals surface area contributed by atoms with E-state index in [0.29, 0.717) is 19.3 Å². The molecule has 5 heteroatoms. The molecule has 0 spiro atoms. The Morgan fingerprint density at radius 3 is 2.93 bits per heavy atom. The van der Waals surface area contributed by atoms with Crippen molar-refractivity contribution in [1.82, 2.24) is 4.90 Å². The van der Waals surface area contributed by atoms with E-state index in [1.54, 1.807) is 11.3 Å². The smallest absolute Gasteiger partial charge is 0.410 e. The average Bonchev–Trinajstić information content (AvgIpc) is 3.29. The molecule has 2 heterocycles. The average molecular weight is 412 g/mol. The third-order valence-electron chi connectivity index (χ3n) is 5.85. The van der Waals surface area contributed by atoms with Crippen molar-refractivity contribution in [2.24, 2.45) is 0 Å². The molecule has 4 rings (SSSR count). The van der Waals surface area contributed by atoms with E-state index in [1.807, 2.05) is 11.8 Å². The van der Waals surface area contributed by atoms with Crippen molar-refractivity contribution in [2.75, 3.05) is 19.8 Å². The van der Waals surface area contributed by atoms with Gasteiger partial charge in [0.05, 0.1) is 18.8 Å². The highest BCUT2D eigenvalue weighted by Crippen LogP contribution is 2.27. The number of carbonyl (C=O) groups excluding carboxylic acids is 1. The number of hydrogen-bond acceptors (Lipinski definition) is 4. The Hall–Kier alpha value is -2.03. The van der Waals surface area contributed by atoms with E-state index in [1.165, 1.54) is 47.8 Å². The summed E-state index contributed by atoms with van der Waals surface area (Å²) in [5.74, 6) is 6.60. The molecule has 1 aliphatic carbocycles. The first-order chi connectivity index (χ1) is 14.2. The predicted molar refractivity (Wildman–Crippen MR) is 117 cm³/mol. The summed E-state index contributed by atoms with van der Waals surface area (Å²) in [6.07, 6.45) is 8.28. The maximum Gasteiger partial charge on any atom is 0.410 e. The Balaban J connectivity index is 1.30. The van der Waals surface area contributed by atoms with Crippen LogP contribution in [-0.2, 0) is 15.9 Å². The van der Waals surface area contributed by atoms with Crippen LogP contribution in [0.4, 0.5) is 4.79 Å². The van der Waals surface area contributed by atoms with Crippen molar-refractivity contribution in [3.8, 4) is 11.8 Å². The lowest BCUT2D eigenvalue weighted by Gasteiger charge is -2.21. The molecule has 0 bridgehead atoms. The van der Waals surface area contributed by atoms with Crippen molar-refractivity contribution in [2.45, 2.75) is 64.0 Å². The van der Waals surface area contributed by atoms with Gasteiger partial charge >= 0.3 is 6.09 Å². The van der Waals surface area contributed by atoms with Crippen LogP contribution in [0.25, 0.3) is 10.1 Å². The lowest BCUT2D eigenvalue weighted by molar-refractivity contribution is 0.0320. The third kappa shape index (κ3) is 5.12. The number of benzene rings is 1. The fourth-order valence-electron chi connectivity index (χ4n) is 4.10. The Morgan fingerprint density at radius 2 is 2.14 bits per heavy atom. The number of hydrogen-bond donors (Lipinski definition) is 0. The quantitative estimate of drug-likeness (QED) is 0.473. The van der Waals surface area contributed by atoms with E-state index in [-0.39, 0.29) is 12.1 Å². The summed E-state index contributed by atoms with van der Waals surface area (Å²) >= 11 is 1.73. The molecule has 1 atom stereocenters. The van der Waals surface area contributed by atoms with Gasteiger partial charge in [-0.3, -0.25) is 0 Å². The Kier molecular flexibility index (Phi) is 6.74. The highest BCUT2D eigenvalue weighted by molar-refractivity contribution is 7.17. The SMILES string of the molecule is C[C@@H]1COC(=O)N1CCc1ccc2c(C#CCCOC3CCCCC3)csc2c1. The Morgan fingerprint density at radius 1 is 1.28 bits per heavy atom. The first kappa shape index (κ1) is 20.3. The van der Waals surface area contributed by atoms with Gasteiger partial charge in [-0.15, -0.1) is 11.3 Å². The van der Waals surface area contributed by atoms with Gasteiger partial charge in [-0.2, -0.15) is 0 Å². The highest BCUT2D eigenvalue weighted by atomic mass is 32.1. The molecule has 1 saturated heterocycles. The van der Waals surface area contributed by atoms with Crippen LogP contribution in [0.3, 0.4) is 0 Å². The standard InChI is InChI=1S/C24H29NO3S/c1-18-16-28-24(26)25(18)13-12-19-10-11-22-20(17-29-23(22)15-19)7-5-6-14-27-21-8-3-2-4-9-21/h10-11,15,17-18,21H,2-4,6,8-9,12-14,16H2,1H3/t18-/m1/s1. The molecule has 29 heavy (non-hydrogen) atoms. The van der Waals surface area contributed by atoms with Crippen LogP contribution in [0, 0.1) is 11.8 Å². The van der Waals surface area contributed by atoms with Gasteiger partial charge in [0.1, 0.15) is 6.61 Å². The van der Waals surface area contributed by atoms with Crippen molar-refractivity contribution >= 4 is 27.5 Å². The van der Waals surface area contributed by atoms with Crippen LogP contribution < -0.4 is 0 Å². The number of cyclic esters (lactones) is 1. The van der Waals surface area contributed by atoms with Crippen molar-refractivity contribution in [3.05, 3.63) is 34.7 Å². The maximum atomic E-state index is 11.7. The summed E-state index contributed by atoms with van der Waals surface area (Å²) in [6.45, 7) is 3.96. The summed E-state index contributed by atoms with van der Waals surface area (Å²) in [4.78, 5) is 13.6. The van der Waals surface area contributed by atoms with Crippen molar-refractivity contribution in [3.63, 3.8) is 0 Å². The van der Waals surface area contributed by atoms with Gasteiger partial charge in [-0.05, 0) is 37.8 Å². The molecule has 154 valence electrons. The zero-order valence-corrected chi connectivity index (χ0v) is 17.9. The second-order valence-corrected chi connectivity index (χ2v) is 8.94. The highest BCUT2D eigenvalue weighted by Gasteiger charge is 2.28. The molecule has 1 aromatic heterocycles. The van der Waals surface area contributed by atoms with Crippen molar-refractivity contribution in [1.29, 1.82) is 0 Å². The number of nitrogens with zero attached hydrogens (tertiary/aromatic N) is 1. The molecule has 1 aromatic carbocycles. The number of thiophene rings is 1. The number of fused-ring (bicyclic) bond motifs is 1. The van der Waals surface area contributed by atoms with E-state index in [2.05, 4.69) is 35.4 Å². The molecule has 1 aliphatic heterocycles. The first-order valence-corrected chi connectivity index (χ1v) is 11.6. The zero-order chi connectivity index (χ0) is 20.1. The number of amides is 1. The topological polar surface area (TPSA) is 38.8 Å². The zero-order valence-electron chi connectivity index (χ0n) is 17.1. The van der Waals surface area contributed by atoms with E-state index in [9.17, 15) is 4.79 Å². The van der Waals surface area contributed by atoms with Crippen LogP contribution in [0.1, 0.15) is 56.6 Å². The van der Waals surface area contributed by atoms with Gasteiger partial charge in [0, 0.05) is 34.0 Å². The Labute approximate surface area is 177 Å². The van der Waals surface area contributed by atoms with Crippen molar-refractivity contribution < 1.29 is 14.3 Å². The minimum atomic E-state index is -0.195. The first-order valence-electron chi connectivity index (χ1n) is 10.7. The molecule has 1 saturated carbocycles. The number of carbonyl (C=O) groups is 1. The molecule has 0 unspecified atom stereocenters. The van der Waals surface area contributed by atoms with Crippen LogP contribution in [0.2, 0.25) is 0 Å². The molecule has 1 amide bonds. The molecule has 0 N–H and O–H groups in total. The van der Waals surface area contributed by atoms with E-state index in [4.69, 9.17) is 9.47 Å². The fourth-order valence-corrected chi connectivity index (χ4v) is 5.05. The fraction of sp³-hybridized carbons (Fsp3) is 0.542. The summed E-state index contributed by atoms with van der Waals surface area (Å²) in [5.41, 5.74) is 2.35. The van der Waals surface area contributed by atoms with E-state index < -0.39 is 0 Å². The summed E-state index contributed by atoms with van der Waals surface area (Å²) in [6, 6.07) is 6.70. The number of rotatable bonds is 6. The summed E-state index contributed by atoms with van der Waals surface area (Å²) in [7, 11) is 0. The van der Waals surface area contributed by atoms with Crippen LogP contribution in [-0.4, -0.2) is 42.9 Å². The monoisotopic (exact) mass is 411 g/mol. The minimum absolute atomic E-state index is 0.164. The van der Waals surface area contributed by atoms with Crippen LogP contribution >= 0.6 is 11.3 Å². The molecule has 2 fully saturated rings. The number of ether oxygens (including phenoxy) is 2. The molecular formula is C24H29NO3S. The van der Waals surface area contributed by atoms with Gasteiger partial charge in [0.15, 0.2) is 0 Å². The lowest BCUT2D eigenvalue weighted by atomic mass is 9.98. The predicted octanol–water partition coefficient (Wildman–Crippen LogP) is 5.38. The van der Waals surface area contributed by atoms with E-state index in [0.717, 1.165) is 25.0 Å². The molecule has 2 aromatic rings. The molecular weight excluding hydrogens is 382 g/mol. The van der Waals surface area contributed by atoms with Crippen LogP contribution in [0.5, 0.6) is 0 Å². The van der Waals surface area contributed by atoms with Gasteiger partial charge in [-0.25, -0.2) is 4.79 Å². The molecule has 4 nitrogen and oxygen atoms in total. The molecule has 2 aliphatic rings. The lowest BCUT2D eigenvalue weighted by Crippen LogP contribution is -2.33. The molecule has 0 radical (unpaired) electrons. The second kappa shape index (κ2) is 9.65. The van der Waals surface area contributed by atoms with E-state index >= 15 is 0 Å².